The summed E-state index contributed by atoms with van der Waals surface area (Å²) in [7, 11) is 0. The van der Waals surface area contributed by atoms with Crippen LogP contribution < -0.4 is 0 Å². The molecule has 4 aliphatic rings. The van der Waals surface area contributed by atoms with E-state index in [2.05, 4.69) is 13.8 Å². The molecule has 7 atom stereocenters. The molecule has 2 spiro atoms. The molecule has 0 amide bonds. The number of carbonyl (C=O) groups excluding carboxylic acids is 3. The Morgan fingerprint density at radius 1 is 0.889 bits per heavy atom. The van der Waals surface area contributed by atoms with Crippen molar-refractivity contribution in [2.24, 2.45) is 22.7 Å². The van der Waals surface area contributed by atoms with Gasteiger partial charge in [0.2, 0.25) is 0 Å². The lowest BCUT2D eigenvalue weighted by Crippen LogP contribution is -2.67. The van der Waals surface area contributed by atoms with Gasteiger partial charge in [-0.2, -0.15) is 0 Å². The molecule has 7 nitrogen and oxygen atoms in total. The highest BCUT2D eigenvalue weighted by atomic mass is 35.5. The third-order valence-corrected chi connectivity index (χ3v) is 12.4. The lowest BCUT2D eigenvalue weighted by atomic mass is 9.43. The minimum atomic E-state index is -0.801. The number of ether oxygens (including phenoxy) is 4. The van der Waals surface area contributed by atoms with Gasteiger partial charge in [0.05, 0.1) is 33.2 Å². The summed E-state index contributed by atoms with van der Waals surface area (Å²) < 4.78 is 24.8. The molecule has 0 radical (unpaired) electrons. The molecule has 45 heavy (non-hydrogen) atoms. The Morgan fingerprint density at radius 2 is 1.53 bits per heavy atom. The largest absolute Gasteiger partial charge is 0.463 e. The average Bonchev–Trinajstić information content (AvgIpc) is 3.54. The number of cyclic esters (lactones) is 1. The van der Waals surface area contributed by atoms with Crippen LogP contribution in [0.5, 0.6) is 0 Å². The molecule has 11 heteroatoms. The molecule has 2 saturated carbocycles. The number of fused-ring (bicyclic) bond motifs is 2. The van der Waals surface area contributed by atoms with Crippen LogP contribution in [0, 0.1) is 22.7 Å². The van der Waals surface area contributed by atoms with Crippen molar-refractivity contribution in [3.05, 3.63) is 67.6 Å². The standard InChI is InChI=1S/C34H36Cl4O7/c1-19-4-9-26-31(2,17-43-29(40)22-7-5-20(35)14-24(22)37)27(44-30(41)23-8-6-21(36)15-25(23)38)10-11-32(26,3)34(19)13-12-33(45-34)16-28(39)42-18-33/h5-8,14-15,19,26-27H,4,9-13,16-18H2,1-3H3. The van der Waals surface area contributed by atoms with Gasteiger partial charge >= 0.3 is 17.9 Å². The monoisotopic (exact) mass is 696 g/mol. The highest BCUT2D eigenvalue weighted by molar-refractivity contribution is 6.37. The molecule has 6 rings (SSSR count). The third kappa shape index (κ3) is 5.54. The van der Waals surface area contributed by atoms with Gasteiger partial charge in [0.25, 0.3) is 0 Å². The second-order valence-electron chi connectivity index (χ2n) is 13.7. The van der Waals surface area contributed by atoms with Crippen LogP contribution in [0.4, 0.5) is 0 Å². The van der Waals surface area contributed by atoms with Gasteiger partial charge < -0.3 is 18.9 Å². The lowest BCUT2D eigenvalue weighted by Gasteiger charge is -2.65. The van der Waals surface area contributed by atoms with Crippen molar-refractivity contribution in [3.8, 4) is 0 Å². The topological polar surface area (TPSA) is 88.1 Å². The predicted octanol–water partition coefficient (Wildman–Crippen LogP) is 8.77. The molecule has 2 aliphatic carbocycles. The number of benzene rings is 2. The molecule has 0 bridgehead atoms. The van der Waals surface area contributed by atoms with Gasteiger partial charge in [-0.3, -0.25) is 4.79 Å². The summed E-state index contributed by atoms with van der Waals surface area (Å²) in [5.74, 6) is -1.23. The molecular formula is C34H36Cl4O7. The van der Waals surface area contributed by atoms with Crippen molar-refractivity contribution in [3.63, 3.8) is 0 Å². The maximum absolute atomic E-state index is 13.6. The fourth-order valence-electron chi connectivity index (χ4n) is 8.90. The van der Waals surface area contributed by atoms with E-state index in [1.54, 1.807) is 18.2 Å². The van der Waals surface area contributed by atoms with Crippen LogP contribution >= 0.6 is 46.4 Å². The maximum atomic E-state index is 13.6. The number of halogens is 4. The quantitative estimate of drug-likeness (QED) is 0.228. The van der Waals surface area contributed by atoms with Gasteiger partial charge in [-0.1, -0.05) is 67.2 Å². The fourth-order valence-corrected chi connectivity index (χ4v) is 9.87. The van der Waals surface area contributed by atoms with Crippen LogP contribution in [0.2, 0.25) is 20.1 Å². The number of hydrogen-bond acceptors (Lipinski definition) is 7. The number of hydrogen-bond donors (Lipinski definition) is 0. The van der Waals surface area contributed by atoms with Crippen LogP contribution in [0.15, 0.2) is 36.4 Å². The Kier molecular flexibility index (Phi) is 8.69. The summed E-state index contributed by atoms with van der Waals surface area (Å²) in [5, 5.41) is 1.20. The number of esters is 3. The van der Waals surface area contributed by atoms with Crippen molar-refractivity contribution >= 4 is 64.3 Å². The van der Waals surface area contributed by atoms with Crippen molar-refractivity contribution in [2.75, 3.05) is 13.2 Å². The number of carbonyl (C=O) groups is 3. The van der Waals surface area contributed by atoms with E-state index in [1.807, 2.05) is 6.92 Å². The Labute approximate surface area is 283 Å². The van der Waals surface area contributed by atoms with E-state index in [0.29, 0.717) is 22.9 Å². The van der Waals surface area contributed by atoms with Crippen molar-refractivity contribution in [2.45, 2.75) is 83.0 Å². The van der Waals surface area contributed by atoms with Gasteiger partial charge in [-0.15, -0.1) is 0 Å². The first kappa shape index (κ1) is 32.9. The average molecular weight is 698 g/mol. The molecular weight excluding hydrogens is 662 g/mol. The fraction of sp³-hybridized carbons (Fsp3) is 0.559. The van der Waals surface area contributed by atoms with Crippen molar-refractivity contribution < 1.29 is 33.3 Å². The lowest BCUT2D eigenvalue weighted by molar-refractivity contribution is -0.265. The minimum absolute atomic E-state index is 0.0193. The molecule has 2 aliphatic heterocycles. The molecule has 0 N–H and O–H groups in total. The zero-order valence-electron chi connectivity index (χ0n) is 25.4. The molecule has 2 aromatic carbocycles. The Balaban J connectivity index is 1.34. The van der Waals surface area contributed by atoms with Gasteiger partial charge in [-0.25, -0.2) is 9.59 Å². The first-order valence-electron chi connectivity index (χ1n) is 15.4. The van der Waals surface area contributed by atoms with E-state index >= 15 is 0 Å². The molecule has 4 fully saturated rings. The van der Waals surface area contributed by atoms with Crippen molar-refractivity contribution in [1.29, 1.82) is 0 Å². The van der Waals surface area contributed by atoms with Gasteiger partial charge in [0, 0.05) is 20.9 Å². The summed E-state index contributed by atoms with van der Waals surface area (Å²) in [6.45, 7) is 6.76. The smallest absolute Gasteiger partial charge is 0.339 e. The zero-order valence-corrected chi connectivity index (χ0v) is 28.5. The van der Waals surface area contributed by atoms with Gasteiger partial charge in [0.1, 0.15) is 24.9 Å². The SMILES string of the molecule is CC1CCC2C(C)(COC(=O)c3ccc(Cl)cc3Cl)C(OC(=O)c3ccc(Cl)cc3Cl)CCC2(C)C12CCC1(COC(=O)C1)O2. The summed E-state index contributed by atoms with van der Waals surface area (Å²) in [6, 6.07) is 9.26. The summed E-state index contributed by atoms with van der Waals surface area (Å²) in [4.78, 5) is 39.1. The van der Waals surface area contributed by atoms with E-state index < -0.39 is 34.7 Å². The van der Waals surface area contributed by atoms with E-state index in [-0.39, 0.29) is 64.0 Å². The Morgan fingerprint density at radius 3 is 2.13 bits per heavy atom. The van der Waals surface area contributed by atoms with Crippen LogP contribution in [-0.4, -0.2) is 48.4 Å². The van der Waals surface area contributed by atoms with E-state index in [4.69, 9.17) is 65.4 Å². The highest BCUT2D eigenvalue weighted by Gasteiger charge is 2.70. The molecule has 7 unspecified atom stereocenters. The van der Waals surface area contributed by atoms with Gasteiger partial charge in [-0.05, 0) is 86.8 Å². The highest BCUT2D eigenvalue weighted by Crippen LogP contribution is 2.68. The summed E-state index contributed by atoms with van der Waals surface area (Å²) in [5.41, 5.74) is -1.92. The second kappa shape index (κ2) is 11.9. The summed E-state index contributed by atoms with van der Waals surface area (Å²) >= 11 is 24.9. The van der Waals surface area contributed by atoms with Crippen molar-refractivity contribution in [1.82, 2.24) is 0 Å². The van der Waals surface area contributed by atoms with Gasteiger partial charge in [0.15, 0.2) is 0 Å². The van der Waals surface area contributed by atoms with Crippen LogP contribution in [0.3, 0.4) is 0 Å². The first-order chi connectivity index (χ1) is 21.2. The molecule has 242 valence electrons. The minimum Gasteiger partial charge on any atom is -0.463 e. The summed E-state index contributed by atoms with van der Waals surface area (Å²) in [6.07, 6.45) is 4.09. The predicted molar refractivity (Wildman–Crippen MR) is 171 cm³/mol. The third-order valence-electron chi connectivity index (χ3n) is 11.3. The molecule has 0 aromatic heterocycles. The van der Waals surface area contributed by atoms with E-state index in [1.165, 1.54) is 18.2 Å². The van der Waals surface area contributed by atoms with Crippen LogP contribution in [0.25, 0.3) is 0 Å². The Hall–Kier alpha value is -2.03. The zero-order chi connectivity index (χ0) is 32.4. The molecule has 2 heterocycles. The normalized spacial score (nSPS) is 35.7. The van der Waals surface area contributed by atoms with E-state index in [0.717, 1.165) is 25.7 Å². The maximum Gasteiger partial charge on any atom is 0.339 e. The number of rotatable bonds is 5. The first-order valence-corrected chi connectivity index (χ1v) is 16.9. The van der Waals surface area contributed by atoms with Crippen LogP contribution in [0.1, 0.15) is 86.4 Å². The molecule has 2 saturated heterocycles. The van der Waals surface area contributed by atoms with Crippen LogP contribution in [-0.2, 0) is 23.7 Å². The second-order valence-corrected chi connectivity index (χ2v) is 15.4. The Bertz CT molecular complexity index is 1550. The molecule has 2 aromatic rings. The van der Waals surface area contributed by atoms with E-state index in [9.17, 15) is 14.4 Å².